The topological polar surface area (TPSA) is 20.2 Å². The predicted molar refractivity (Wildman–Crippen MR) is 28.1 cm³/mol. The van der Waals surface area contributed by atoms with E-state index in [-0.39, 0.29) is 29.6 Å². The van der Waals surface area contributed by atoms with Crippen LogP contribution in [0.15, 0.2) is 30.3 Å². The molecule has 0 aliphatic rings. The van der Waals surface area contributed by atoms with Crippen LogP contribution in [0.4, 0.5) is 0 Å². The van der Waals surface area contributed by atoms with E-state index in [4.69, 9.17) is 5.11 Å². The number of rotatable bonds is 0. The van der Waals surface area contributed by atoms with Crippen LogP contribution < -0.4 is 29.6 Å². The molecule has 0 aromatic heterocycles. The second-order valence-corrected chi connectivity index (χ2v) is 1.34. The van der Waals surface area contributed by atoms with Gasteiger partial charge in [-0.3, -0.25) is 0 Å². The predicted octanol–water partition coefficient (Wildman–Crippen LogP) is -1.60. The van der Waals surface area contributed by atoms with Crippen molar-refractivity contribution in [2.24, 2.45) is 0 Å². The quantitative estimate of drug-likeness (QED) is 0.406. The third-order valence-electron chi connectivity index (χ3n) is 0.756. The van der Waals surface area contributed by atoms with E-state index in [1.807, 2.05) is 6.07 Å². The molecule has 2 heteroatoms. The summed E-state index contributed by atoms with van der Waals surface area (Å²) in [5.74, 6) is 0.322. The first-order valence-corrected chi connectivity index (χ1v) is 2.13. The summed E-state index contributed by atoms with van der Waals surface area (Å²) in [6.45, 7) is 0. The molecule has 0 saturated heterocycles. The molecule has 0 aliphatic heterocycles. The molecule has 1 rings (SSSR count). The van der Waals surface area contributed by atoms with Gasteiger partial charge in [0.05, 0.1) is 0 Å². The number of phenols is 1. The number of hydrogen-bond acceptors (Lipinski definition) is 1. The summed E-state index contributed by atoms with van der Waals surface area (Å²) in [6, 6.07) is 8.71. The van der Waals surface area contributed by atoms with Gasteiger partial charge in [0.1, 0.15) is 5.75 Å². The summed E-state index contributed by atoms with van der Waals surface area (Å²) >= 11 is 0. The van der Waals surface area contributed by atoms with Crippen LogP contribution in [0.25, 0.3) is 0 Å². The molecule has 8 heavy (non-hydrogen) atoms. The molecule has 0 heterocycles. The Kier molecular flexibility index (Phi) is 3.97. The number of hydrogen-bond donors (Lipinski definition) is 1. The molecular formula is C6H6NaO+. The SMILES string of the molecule is Oc1ccccc1.[Na+]. The van der Waals surface area contributed by atoms with Crippen LogP contribution >= 0.6 is 0 Å². The zero-order valence-electron chi connectivity index (χ0n) is 4.83. The number of benzene rings is 1. The molecule has 0 atom stereocenters. The fourth-order valence-corrected chi connectivity index (χ4v) is 0.428. The zero-order valence-corrected chi connectivity index (χ0v) is 6.83. The molecule has 0 aliphatic carbocycles. The molecule has 36 valence electrons. The summed E-state index contributed by atoms with van der Waals surface area (Å²) in [5.41, 5.74) is 0. The van der Waals surface area contributed by atoms with Gasteiger partial charge in [-0.2, -0.15) is 0 Å². The maximum absolute atomic E-state index is 8.63. The second-order valence-electron chi connectivity index (χ2n) is 1.34. The standard InChI is InChI=1S/C6H6O.Na/c7-6-4-2-1-3-5-6;/h1-5,7H;/q;+1. The van der Waals surface area contributed by atoms with Gasteiger partial charge in [0.25, 0.3) is 0 Å². The van der Waals surface area contributed by atoms with E-state index >= 15 is 0 Å². The summed E-state index contributed by atoms with van der Waals surface area (Å²) in [5, 5.41) is 8.63. The maximum atomic E-state index is 8.63. The van der Waals surface area contributed by atoms with E-state index in [1.165, 1.54) is 0 Å². The molecule has 0 radical (unpaired) electrons. The van der Waals surface area contributed by atoms with E-state index in [9.17, 15) is 0 Å². The minimum Gasteiger partial charge on any atom is -0.508 e. The zero-order chi connectivity index (χ0) is 5.11. The molecule has 1 aromatic carbocycles. The van der Waals surface area contributed by atoms with Gasteiger partial charge in [-0.25, -0.2) is 0 Å². The number of phenolic OH excluding ortho intramolecular Hbond substituents is 1. The van der Waals surface area contributed by atoms with Gasteiger partial charge >= 0.3 is 29.6 Å². The minimum absolute atomic E-state index is 0. The van der Waals surface area contributed by atoms with Crippen LogP contribution in [0, 0.1) is 0 Å². The first-order chi connectivity index (χ1) is 3.39. The second kappa shape index (κ2) is 3.96. The van der Waals surface area contributed by atoms with Crippen molar-refractivity contribution in [2.75, 3.05) is 0 Å². The molecule has 0 saturated carbocycles. The van der Waals surface area contributed by atoms with Gasteiger partial charge in [-0.1, -0.05) is 18.2 Å². The molecular weight excluding hydrogens is 111 g/mol. The van der Waals surface area contributed by atoms with Crippen molar-refractivity contribution in [2.45, 2.75) is 0 Å². The van der Waals surface area contributed by atoms with Crippen LogP contribution in [0.1, 0.15) is 0 Å². The van der Waals surface area contributed by atoms with Crippen molar-refractivity contribution in [3.05, 3.63) is 30.3 Å². The van der Waals surface area contributed by atoms with Gasteiger partial charge < -0.3 is 5.11 Å². The van der Waals surface area contributed by atoms with Crippen molar-refractivity contribution in [1.82, 2.24) is 0 Å². The molecule has 1 nitrogen and oxygen atoms in total. The van der Waals surface area contributed by atoms with Crippen molar-refractivity contribution in [3.8, 4) is 5.75 Å². The van der Waals surface area contributed by atoms with Crippen LogP contribution in [0.5, 0.6) is 5.75 Å². The summed E-state index contributed by atoms with van der Waals surface area (Å²) in [4.78, 5) is 0. The van der Waals surface area contributed by atoms with Gasteiger partial charge in [0, 0.05) is 0 Å². The van der Waals surface area contributed by atoms with Gasteiger partial charge in [0.2, 0.25) is 0 Å². The normalized spacial score (nSPS) is 7.50. The van der Waals surface area contributed by atoms with Crippen LogP contribution in [0.3, 0.4) is 0 Å². The summed E-state index contributed by atoms with van der Waals surface area (Å²) in [7, 11) is 0. The third kappa shape index (κ3) is 2.36. The Morgan fingerprint density at radius 1 is 1.00 bits per heavy atom. The van der Waals surface area contributed by atoms with Gasteiger partial charge in [-0.15, -0.1) is 0 Å². The van der Waals surface area contributed by atoms with Crippen molar-refractivity contribution in [3.63, 3.8) is 0 Å². The molecule has 0 bridgehead atoms. The largest absolute Gasteiger partial charge is 1.00 e. The first-order valence-electron chi connectivity index (χ1n) is 2.13. The van der Waals surface area contributed by atoms with E-state index in [0.717, 1.165) is 0 Å². The van der Waals surface area contributed by atoms with E-state index in [2.05, 4.69) is 0 Å². The van der Waals surface area contributed by atoms with E-state index in [0.29, 0.717) is 5.75 Å². The van der Waals surface area contributed by atoms with Crippen molar-refractivity contribution >= 4 is 0 Å². The fraction of sp³-hybridized carbons (Fsp3) is 0. The Hall–Kier alpha value is 0.0200. The van der Waals surface area contributed by atoms with E-state index in [1.54, 1.807) is 24.3 Å². The van der Waals surface area contributed by atoms with Gasteiger partial charge in [-0.05, 0) is 12.1 Å². The average Bonchev–Trinajstić information content (AvgIpc) is 1.69. The van der Waals surface area contributed by atoms with Crippen LogP contribution in [-0.2, 0) is 0 Å². The molecule has 0 fully saturated rings. The average molecular weight is 117 g/mol. The molecule has 1 N–H and O–H groups in total. The Balaban J connectivity index is 0.000000490. The Labute approximate surface area is 70.6 Å². The Morgan fingerprint density at radius 2 is 1.50 bits per heavy atom. The van der Waals surface area contributed by atoms with Crippen LogP contribution in [-0.4, -0.2) is 5.11 Å². The molecule has 0 unspecified atom stereocenters. The van der Waals surface area contributed by atoms with Crippen LogP contribution in [0.2, 0.25) is 0 Å². The Morgan fingerprint density at radius 3 is 1.75 bits per heavy atom. The molecule has 1 aromatic rings. The summed E-state index contributed by atoms with van der Waals surface area (Å²) in [6.07, 6.45) is 0. The molecule has 0 amide bonds. The monoisotopic (exact) mass is 117 g/mol. The first kappa shape index (κ1) is 8.02. The summed E-state index contributed by atoms with van der Waals surface area (Å²) < 4.78 is 0. The minimum atomic E-state index is 0. The maximum Gasteiger partial charge on any atom is 1.00 e. The van der Waals surface area contributed by atoms with Crippen molar-refractivity contribution < 1.29 is 34.7 Å². The third-order valence-corrected chi connectivity index (χ3v) is 0.756. The smallest absolute Gasteiger partial charge is 0.508 e. The number of aromatic hydroxyl groups is 1. The van der Waals surface area contributed by atoms with E-state index < -0.39 is 0 Å². The fourth-order valence-electron chi connectivity index (χ4n) is 0.428. The molecule has 0 spiro atoms. The number of para-hydroxylation sites is 1. The van der Waals surface area contributed by atoms with Gasteiger partial charge in [0.15, 0.2) is 0 Å². The Bertz CT molecular complexity index is 138. The van der Waals surface area contributed by atoms with Crippen molar-refractivity contribution in [1.29, 1.82) is 0 Å².